The molecule has 2 amide bonds. The first-order valence-electron chi connectivity index (χ1n) is 9.46. The van der Waals surface area contributed by atoms with Crippen LogP contribution in [0.2, 0.25) is 0 Å². The Balaban J connectivity index is 0.00000166. The first kappa shape index (κ1) is 24.5. The molecule has 1 aliphatic rings. The van der Waals surface area contributed by atoms with Crippen molar-refractivity contribution >= 4 is 22.9 Å². The number of carbonyl (C=O) groups excluding carboxylic acids is 2. The number of alkyl halides is 3. The highest BCUT2D eigenvalue weighted by Gasteiger charge is 2.32. The lowest BCUT2D eigenvalue weighted by Gasteiger charge is -2.14. The molecule has 2 aromatic rings. The molecular formula is C21H22F3NO5S. The monoisotopic (exact) mass is 457 g/mol. The summed E-state index contributed by atoms with van der Waals surface area (Å²) in [6.07, 6.45) is -5.41. The molecule has 6 nitrogen and oxygen atoms in total. The van der Waals surface area contributed by atoms with Crippen LogP contribution in [0.4, 0.5) is 18.0 Å². The maximum Gasteiger partial charge on any atom is 0.573 e. The summed E-state index contributed by atoms with van der Waals surface area (Å²) >= 11 is 0.953. The molecule has 2 aromatic carbocycles. The molecule has 10 heteroatoms. The Morgan fingerprint density at radius 1 is 1.03 bits per heavy atom. The van der Waals surface area contributed by atoms with E-state index in [2.05, 4.69) is 10.1 Å². The van der Waals surface area contributed by atoms with Crippen molar-refractivity contribution in [3.8, 4) is 11.5 Å². The quantitative estimate of drug-likeness (QED) is 0.631. The van der Waals surface area contributed by atoms with Crippen molar-refractivity contribution < 1.29 is 37.3 Å². The van der Waals surface area contributed by atoms with Crippen molar-refractivity contribution in [2.45, 2.75) is 38.0 Å². The summed E-state index contributed by atoms with van der Waals surface area (Å²) in [5.41, 5.74) is 1.23. The molecule has 31 heavy (non-hydrogen) atoms. The smallest absolute Gasteiger partial charge is 0.491 e. The Bertz CT molecular complexity index is 872. The summed E-state index contributed by atoms with van der Waals surface area (Å²) in [7, 11) is 0. The van der Waals surface area contributed by atoms with Gasteiger partial charge in [0.25, 0.3) is 5.24 Å². The number of imide groups is 1. The van der Waals surface area contributed by atoms with E-state index in [1.807, 2.05) is 13.8 Å². The first-order valence-corrected chi connectivity index (χ1v) is 10.3. The van der Waals surface area contributed by atoms with Gasteiger partial charge in [0.1, 0.15) is 24.2 Å². The van der Waals surface area contributed by atoms with E-state index in [-0.39, 0.29) is 23.5 Å². The molecule has 1 heterocycles. The highest BCUT2D eigenvalue weighted by atomic mass is 32.2. The fraction of sp³-hybridized carbons (Fsp3) is 0.333. The molecule has 2 unspecified atom stereocenters. The third kappa shape index (κ3) is 7.80. The summed E-state index contributed by atoms with van der Waals surface area (Å²) in [6, 6.07) is 11.7. The number of halogens is 3. The van der Waals surface area contributed by atoms with Gasteiger partial charge >= 0.3 is 6.36 Å². The number of rotatable bonds is 7. The van der Waals surface area contributed by atoms with E-state index < -0.39 is 17.7 Å². The number of aliphatic hydroxyl groups excluding tert-OH is 1. The van der Waals surface area contributed by atoms with Gasteiger partial charge in [-0.25, -0.2) is 0 Å². The van der Waals surface area contributed by atoms with E-state index in [0.29, 0.717) is 17.7 Å². The second-order valence-electron chi connectivity index (χ2n) is 6.17. The van der Waals surface area contributed by atoms with Gasteiger partial charge < -0.3 is 14.6 Å². The van der Waals surface area contributed by atoms with Crippen LogP contribution in [0.3, 0.4) is 0 Å². The minimum Gasteiger partial charge on any atom is -0.491 e. The molecule has 0 radical (unpaired) electrons. The number of carbonyl (C=O) groups is 2. The van der Waals surface area contributed by atoms with Crippen LogP contribution in [-0.2, 0) is 11.2 Å². The Hall–Kier alpha value is -2.72. The van der Waals surface area contributed by atoms with Gasteiger partial charge in [-0.15, -0.1) is 13.2 Å². The minimum absolute atomic E-state index is 0.103. The zero-order valence-corrected chi connectivity index (χ0v) is 17.6. The predicted molar refractivity (Wildman–Crippen MR) is 110 cm³/mol. The molecule has 2 N–H and O–H groups in total. The summed E-state index contributed by atoms with van der Waals surface area (Å²) in [5.74, 6) is -0.208. The maximum atomic E-state index is 12.2. The molecule has 0 bridgehead atoms. The Labute approximate surface area is 181 Å². The molecule has 0 aromatic heterocycles. The van der Waals surface area contributed by atoms with Gasteiger partial charge in [-0.1, -0.05) is 49.9 Å². The molecular weight excluding hydrogens is 435 g/mol. The highest BCUT2D eigenvalue weighted by Crippen LogP contribution is 2.26. The summed E-state index contributed by atoms with van der Waals surface area (Å²) in [6.45, 7) is 3.90. The summed E-state index contributed by atoms with van der Waals surface area (Å²) in [5, 5.41) is 11.6. The lowest BCUT2D eigenvalue weighted by molar-refractivity contribution is -0.274. The molecule has 2 atom stereocenters. The number of benzene rings is 2. The van der Waals surface area contributed by atoms with Gasteiger partial charge in [-0.2, -0.15) is 0 Å². The Morgan fingerprint density at radius 2 is 1.61 bits per heavy atom. The number of amides is 2. The van der Waals surface area contributed by atoms with Crippen molar-refractivity contribution in [1.82, 2.24) is 5.32 Å². The second-order valence-corrected chi connectivity index (χ2v) is 7.35. The number of thioether (sulfide) groups is 1. The lowest BCUT2D eigenvalue weighted by Crippen LogP contribution is -2.25. The first-order chi connectivity index (χ1) is 14.7. The number of aliphatic hydroxyl groups is 1. The van der Waals surface area contributed by atoms with Crippen LogP contribution >= 0.6 is 11.8 Å². The minimum atomic E-state index is -4.77. The molecule has 0 saturated carbocycles. The summed E-state index contributed by atoms with van der Waals surface area (Å²) < 4.78 is 45.8. The molecule has 1 saturated heterocycles. The molecule has 1 fully saturated rings. The average molecular weight is 457 g/mol. The van der Waals surface area contributed by atoms with Crippen LogP contribution in [0.15, 0.2) is 48.5 Å². The number of hydrogen-bond donors (Lipinski definition) is 2. The number of nitrogens with one attached hydrogen (secondary N) is 1. The highest BCUT2D eigenvalue weighted by molar-refractivity contribution is 8.15. The molecule has 168 valence electrons. The third-order valence-corrected chi connectivity index (χ3v) is 5.00. The zero-order chi connectivity index (χ0) is 23.0. The fourth-order valence-corrected chi connectivity index (χ4v) is 3.49. The third-order valence-electron chi connectivity index (χ3n) is 4.02. The molecule has 3 rings (SSSR count). The fourth-order valence-electron chi connectivity index (χ4n) is 2.63. The van der Waals surface area contributed by atoms with E-state index in [4.69, 9.17) is 4.74 Å². The normalized spacial score (nSPS) is 16.8. The van der Waals surface area contributed by atoms with Gasteiger partial charge in [0, 0.05) is 0 Å². The van der Waals surface area contributed by atoms with Gasteiger partial charge in [0.05, 0.1) is 5.25 Å². The van der Waals surface area contributed by atoms with Crippen molar-refractivity contribution in [3.63, 3.8) is 0 Å². The number of ether oxygens (including phenoxy) is 2. The largest absolute Gasteiger partial charge is 0.573 e. The lowest BCUT2D eigenvalue weighted by atomic mass is 10.1. The van der Waals surface area contributed by atoms with Gasteiger partial charge in [0.2, 0.25) is 5.91 Å². The van der Waals surface area contributed by atoms with Gasteiger partial charge in [-0.05, 0) is 41.8 Å². The van der Waals surface area contributed by atoms with E-state index >= 15 is 0 Å². The number of hydrogen-bond acceptors (Lipinski definition) is 6. The average Bonchev–Trinajstić information content (AvgIpc) is 3.05. The Morgan fingerprint density at radius 3 is 2.13 bits per heavy atom. The van der Waals surface area contributed by atoms with Crippen molar-refractivity contribution in [1.29, 1.82) is 0 Å². The van der Waals surface area contributed by atoms with Gasteiger partial charge in [-0.3, -0.25) is 14.9 Å². The van der Waals surface area contributed by atoms with Gasteiger partial charge in [0.15, 0.2) is 0 Å². The van der Waals surface area contributed by atoms with Crippen LogP contribution in [0.1, 0.15) is 31.1 Å². The van der Waals surface area contributed by atoms with E-state index in [1.165, 1.54) is 12.1 Å². The zero-order valence-electron chi connectivity index (χ0n) is 16.8. The second kappa shape index (κ2) is 11.1. The van der Waals surface area contributed by atoms with E-state index in [9.17, 15) is 27.9 Å². The SMILES string of the molecule is CC.O=C1NC(=O)C(Cc2ccc(OCC(O)c3ccc(OC(F)(F)F)cc3)cc2)S1. The van der Waals surface area contributed by atoms with Crippen LogP contribution < -0.4 is 14.8 Å². The van der Waals surface area contributed by atoms with Crippen molar-refractivity contribution in [3.05, 3.63) is 59.7 Å². The molecule has 0 aliphatic carbocycles. The standard InChI is InChI=1S/C19H16F3NO5S.C2H6/c20-19(21,22)28-14-7-3-12(4-8-14)15(24)10-27-13-5-1-11(2-6-13)9-16-17(25)23-18(26)29-16;1-2/h1-8,15-16,24H,9-10H2,(H,23,25,26);1-2H3. The van der Waals surface area contributed by atoms with Crippen LogP contribution in [-0.4, -0.2) is 34.5 Å². The predicted octanol–water partition coefficient (Wildman–Crippen LogP) is 4.62. The van der Waals surface area contributed by atoms with Crippen LogP contribution in [0, 0.1) is 0 Å². The van der Waals surface area contributed by atoms with E-state index in [0.717, 1.165) is 29.5 Å². The van der Waals surface area contributed by atoms with E-state index in [1.54, 1.807) is 24.3 Å². The summed E-state index contributed by atoms with van der Waals surface area (Å²) in [4.78, 5) is 22.8. The topological polar surface area (TPSA) is 84.9 Å². The Kier molecular flexibility index (Phi) is 8.76. The van der Waals surface area contributed by atoms with Crippen LogP contribution in [0.25, 0.3) is 0 Å². The maximum absolute atomic E-state index is 12.2. The molecule has 1 aliphatic heterocycles. The van der Waals surface area contributed by atoms with Crippen molar-refractivity contribution in [2.24, 2.45) is 0 Å². The van der Waals surface area contributed by atoms with Crippen molar-refractivity contribution in [2.75, 3.05) is 6.61 Å². The molecule has 0 spiro atoms. The van der Waals surface area contributed by atoms with Crippen LogP contribution in [0.5, 0.6) is 11.5 Å².